The minimum Gasteiger partial charge on any atom is -0.316 e. The molecule has 1 aromatic rings. The minimum atomic E-state index is -0.155. The summed E-state index contributed by atoms with van der Waals surface area (Å²) in [5.41, 5.74) is 1.08. The highest BCUT2D eigenvalue weighted by atomic mass is 79.9. The van der Waals surface area contributed by atoms with Crippen LogP contribution in [0.1, 0.15) is 37.7 Å². The average Bonchev–Trinajstić information content (AvgIpc) is 2.36. The van der Waals surface area contributed by atoms with Crippen molar-refractivity contribution < 1.29 is 4.39 Å². The van der Waals surface area contributed by atoms with Crippen molar-refractivity contribution in [1.29, 1.82) is 0 Å². The van der Waals surface area contributed by atoms with E-state index in [4.69, 9.17) is 0 Å². The van der Waals surface area contributed by atoms with Crippen molar-refractivity contribution in [2.45, 2.75) is 44.6 Å². The fourth-order valence-corrected chi connectivity index (χ4v) is 3.54. The van der Waals surface area contributed by atoms with Crippen LogP contribution in [0.3, 0.4) is 0 Å². The SMILES string of the molecule is CNC(Cc1cc(F)cc(Br)c1)C1CCCCC1. The van der Waals surface area contributed by atoms with Crippen LogP contribution in [0.2, 0.25) is 0 Å². The third kappa shape index (κ3) is 3.79. The minimum absolute atomic E-state index is 0.155. The van der Waals surface area contributed by atoms with E-state index in [2.05, 4.69) is 21.2 Å². The molecule has 0 bridgehead atoms. The number of halogens is 2. The molecule has 1 aromatic carbocycles. The third-order valence-electron chi connectivity index (χ3n) is 3.97. The summed E-state index contributed by atoms with van der Waals surface area (Å²) in [4.78, 5) is 0. The van der Waals surface area contributed by atoms with Gasteiger partial charge in [-0.25, -0.2) is 4.39 Å². The van der Waals surface area contributed by atoms with Gasteiger partial charge in [-0.2, -0.15) is 0 Å². The Kier molecular flexibility index (Phi) is 5.19. The molecule has 100 valence electrons. The lowest BCUT2D eigenvalue weighted by molar-refractivity contribution is 0.276. The molecule has 1 aliphatic rings. The van der Waals surface area contributed by atoms with Crippen molar-refractivity contribution >= 4 is 15.9 Å². The number of rotatable bonds is 4. The van der Waals surface area contributed by atoms with E-state index in [0.717, 1.165) is 22.4 Å². The average molecular weight is 314 g/mol. The van der Waals surface area contributed by atoms with Crippen LogP contribution in [0.5, 0.6) is 0 Å². The van der Waals surface area contributed by atoms with Gasteiger partial charge < -0.3 is 5.32 Å². The van der Waals surface area contributed by atoms with Gasteiger partial charge in [0.25, 0.3) is 0 Å². The summed E-state index contributed by atoms with van der Waals surface area (Å²) in [6.07, 6.45) is 7.59. The van der Waals surface area contributed by atoms with Gasteiger partial charge in [-0.3, -0.25) is 0 Å². The van der Waals surface area contributed by atoms with Crippen LogP contribution < -0.4 is 5.32 Å². The molecule has 0 spiro atoms. The summed E-state index contributed by atoms with van der Waals surface area (Å²) in [5, 5.41) is 3.42. The molecule has 0 saturated heterocycles. The molecule has 1 atom stereocenters. The molecule has 0 aliphatic heterocycles. The van der Waals surface area contributed by atoms with Gasteiger partial charge in [0.05, 0.1) is 0 Å². The van der Waals surface area contributed by atoms with Gasteiger partial charge in [0.1, 0.15) is 5.82 Å². The number of likely N-dealkylation sites (N-methyl/N-ethyl adjacent to an activating group) is 1. The van der Waals surface area contributed by atoms with Gasteiger partial charge >= 0.3 is 0 Å². The Morgan fingerprint density at radius 1 is 1.28 bits per heavy atom. The second-order valence-electron chi connectivity index (χ2n) is 5.28. The van der Waals surface area contributed by atoms with Crippen molar-refractivity contribution in [1.82, 2.24) is 5.32 Å². The molecule has 2 rings (SSSR count). The van der Waals surface area contributed by atoms with Crippen LogP contribution >= 0.6 is 15.9 Å². The molecule has 1 aliphatic carbocycles. The Labute approximate surface area is 117 Å². The summed E-state index contributed by atoms with van der Waals surface area (Å²) >= 11 is 3.36. The highest BCUT2D eigenvalue weighted by molar-refractivity contribution is 9.10. The second-order valence-corrected chi connectivity index (χ2v) is 6.19. The first-order valence-corrected chi connectivity index (χ1v) is 7.60. The predicted molar refractivity (Wildman–Crippen MR) is 77.2 cm³/mol. The van der Waals surface area contributed by atoms with E-state index in [-0.39, 0.29) is 5.82 Å². The number of nitrogens with one attached hydrogen (secondary N) is 1. The first kappa shape index (κ1) is 14.0. The van der Waals surface area contributed by atoms with E-state index in [1.165, 1.54) is 38.2 Å². The summed E-state index contributed by atoms with van der Waals surface area (Å²) in [6, 6.07) is 5.66. The molecule has 1 fully saturated rings. The van der Waals surface area contributed by atoms with Gasteiger partial charge in [0.15, 0.2) is 0 Å². The maximum atomic E-state index is 13.4. The van der Waals surface area contributed by atoms with Crippen LogP contribution in [0.25, 0.3) is 0 Å². The molecule has 0 radical (unpaired) electrons. The first-order chi connectivity index (χ1) is 8.69. The fraction of sp³-hybridized carbons (Fsp3) is 0.600. The Balaban J connectivity index is 2.04. The van der Waals surface area contributed by atoms with E-state index in [0.29, 0.717) is 6.04 Å². The molecule has 18 heavy (non-hydrogen) atoms. The second kappa shape index (κ2) is 6.67. The van der Waals surface area contributed by atoms with E-state index in [9.17, 15) is 4.39 Å². The van der Waals surface area contributed by atoms with Gasteiger partial charge in [0.2, 0.25) is 0 Å². The van der Waals surface area contributed by atoms with Crippen molar-refractivity contribution in [2.75, 3.05) is 7.05 Å². The molecular formula is C15H21BrFN. The van der Waals surface area contributed by atoms with Gasteiger partial charge in [-0.05, 0) is 56.0 Å². The quantitative estimate of drug-likeness (QED) is 0.874. The van der Waals surface area contributed by atoms with E-state index in [1.807, 2.05) is 13.1 Å². The van der Waals surface area contributed by atoms with Crippen LogP contribution in [-0.4, -0.2) is 13.1 Å². The normalized spacial score (nSPS) is 18.8. The highest BCUT2D eigenvalue weighted by Gasteiger charge is 2.22. The van der Waals surface area contributed by atoms with E-state index in [1.54, 1.807) is 6.07 Å². The molecule has 1 N–H and O–H groups in total. The standard InChI is InChI=1S/C15H21BrFN/c1-18-15(12-5-3-2-4-6-12)9-11-7-13(16)10-14(17)8-11/h7-8,10,12,15,18H,2-6,9H2,1H3. The maximum Gasteiger partial charge on any atom is 0.124 e. The summed E-state index contributed by atoms with van der Waals surface area (Å²) in [7, 11) is 2.02. The van der Waals surface area contributed by atoms with Crippen molar-refractivity contribution in [3.05, 3.63) is 34.1 Å². The Morgan fingerprint density at radius 2 is 2.00 bits per heavy atom. The number of benzene rings is 1. The van der Waals surface area contributed by atoms with E-state index >= 15 is 0 Å². The Morgan fingerprint density at radius 3 is 2.61 bits per heavy atom. The molecule has 3 heteroatoms. The van der Waals surface area contributed by atoms with Crippen molar-refractivity contribution in [3.63, 3.8) is 0 Å². The third-order valence-corrected chi connectivity index (χ3v) is 4.43. The maximum absolute atomic E-state index is 13.4. The molecule has 0 heterocycles. The van der Waals surface area contributed by atoms with Crippen LogP contribution in [-0.2, 0) is 6.42 Å². The largest absolute Gasteiger partial charge is 0.316 e. The topological polar surface area (TPSA) is 12.0 Å². The van der Waals surface area contributed by atoms with Gasteiger partial charge in [-0.1, -0.05) is 35.2 Å². The van der Waals surface area contributed by atoms with Crippen molar-refractivity contribution in [2.24, 2.45) is 5.92 Å². The van der Waals surface area contributed by atoms with Crippen LogP contribution in [0.4, 0.5) is 4.39 Å². The molecule has 0 amide bonds. The smallest absolute Gasteiger partial charge is 0.124 e. The lowest BCUT2D eigenvalue weighted by Crippen LogP contribution is -2.36. The number of hydrogen-bond acceptors (Lipinski definition) is 1. The van der Waals surface area contributed by atoms with Crippen LogP contribution in [0.15, 0.2) is 22.7 Å². The number of hydrogen-bond donors (Lipinski definition) is 1. The zero-order chi connectivity index (χ0) is 13.0. The van der Waals surface area contributed by atoms with Crippen molar-refractivity contribution in [3.8, 4) is 0 Å². The molecule has 1 unspecified atom stereocenters. The summed E-state index contributed by atoms with van der Waals surface area (Å²) in [6.45, 7) is 0. The van der Waals surface area contributed by atoms with E-state index < -0.39 is 0 Å². The molecular weight excluding hydrogens is 293 g/mol. The molecule has 1 nitrogen and oxygen atoms in total. The lowest BCUT2D eigenvalue weighted by atomic mass is 9.81. The monoisotopic (exact) mass is 313 g/mol. The summed E-state index contributed by atoms with van der Waals surface area (Å²) in [5.74, 6) is 0.587. The van der Waals surface area contributed by atoms with Crippen LogP contribution in [0, 0.1) is 11.7 Å². The zero-order valence-electron chi connectivity index (χ0n) is 10.9. The molecule has 0 aromatic heterocycles. The molecule has 1 saturated carbocycles. The first-order valence-electron chi connectivity index (χ1n) is 6.81. The zero-order valence-corrected chi connectivity index (χ0v) is 12.5. The van der Waals surface area contributed by atoms with Gasteiger partial charge in [0, 0.05) is 10.5 Å². The lowest BCUT2D eigenvalue weighted by Gasteiger charge is -2.30. The fourth-order valence-electron chi connectivity index (χ4n) is 3.02. The van der Waals surface area contributed by atoms with Gasteiger partial charge in [-0.15, -0.1) is 0 Å². The Hall–Kier alpha value is -0.410. The Bertz CT molecular complexity index is 368. The summed E-state index contributed by atoms with van der Waals surface area (Å²) < 4.78 is 14.2. The highest BCUT2D eigenvalue weighted by Crippen LogP contribution is 2.28. The predicted octanol–water partition coefficient (Wildman–Crippen LogP) is 4.30.